The van der Waals surface area contributed by atoms with E-state index in [1.807, 2.05) is 44.2 Å². The van der Waals surface area contributed by atoms with Crippen LogP contribution in [0.15, 0.2) is 36.4 Å². The van der Waals surface area contributed by atoms with Crippen molar-refractivity contribution in [1.82, 2.24) is 14.8 Å². The van der Waals surface area contributed by atoms with E-state index in [1.54, 1.807) is 0 Å². The van der Waals surface area contributed by atoms with Crippen molar-refractivity contribution in [2.75, 3.05) is 19.7 Å². The smallest absolute Gasteiger partial charge is 0.266 e. The Labute approximate surface area is 210 Å². The highest BCUT2D eigenvalue weighted by atomic mass is 32.2. The molecule has 4 rings (SSSR count). The Hall–Kier alpha value is -2.57. The number of nitrogens with one attached hydrogen (secondary N) is 1. The first-order valence-corrected chi connectivity index (χ1v) is 13.6. The zero-order chi connectivity index (χ0) is 26.1. The summed E-state index contributed by atoms with van der Waals surface area (Å²) in [5, 5.41) is 29.2. The molecule has 2 heterocycles. The predicted molar refractivity (Wildman–Crippen MR) is 132 cm³/mol. The van der Waals surface area contributed by atoms with Gasteiger partial charge in [-0.3, -0.25) is 10.0 Å². The minimum atomic E-state index is -4.24. The summed E-state index contributed by atoms with van der Waals surface area (Å²) in [6.07, 6.45) is -2.56. The number of rotatable bonds is 7. The minimum Gasteiger partial charge on any atom is -0.478 e. The molecule has 1 saturated carbocycles. The molecule has 1 aliphatic heterocycles. The van der Waals surface area contributed by atoms with Crippen molar-refractivity contribution in [3.63, 3.8) is 0 Å². The Morgan fingerprint density at radius 1 is 1.17 bits per heavy atom. The highest BCUT2D eigenvalue weighted by molar-refractivity contribution is 7.91. The van der Waals surface area contributed by atoms with E-state index in [9.17, 15) is 28.6 Å². The first kappa shape index (κ1) is 26.5. The molecule has 2 aromatic rings. The van der Waals surface area contributed by atoms with Crippen LogP contribution in [0.1, 0.15) is 49.7 Å². The summed E-state index contributed by atoms with van der Waals surface area (Å²) in [5.74, 6) is -0.426. The molecule has 0 spiro atoms. The molecule has 3 atom stereocenters. The van der Waals surface area contributed by atoms with E-state index < -0.39 is 45.7 Å². The van der Waals surface area contributed by atoms with Crippen molar-refractivity contribution in [3.05, 3.63) is 47.5 Å². The second kappa shape index (κ2) is 10.4. The van der Waals surface area contributed by atoms with Crippen LogP contribution in [0, 0.1) is 6.92 Å². The molecule has 1 amide bonds. The third-order valence-electron chi connectivity index (χ3n) is 7.34. The molecular formula is C25H33N3O7S. The van der Waals surface area contributed by atoms with Crippen molar-refractivity contribution in [1.29, 1.82) is 0 Å². The number of hydroxylamine groups is 1. The van der Waals surface area contributed by atoms with Crippen LogP contribution in [-0.4, -0.2) is 75.7 Å². The van der Waals surface area contributed by atoms with Crippen molar-refractivity contribution in [3.8, 4) is 17.1 Å². The highest BCUT2D eigenvalue weighted by Crippen LogP contribution is 2.41. The zero-order valence-corrected chi connectivity index (χ0v) is 21.2. The van der Waals surface area contributed by atoms with Gasteiger partial charge in [0.1, 0.15) is 0 Å². The molecule has 10 nitrogen and oxygen atoms in total. The maximum Gasteiger partial charge on any atom is 0.266 e. The fourth-order valence-corrected chi connectivity index (χ4v) is 7.57. The molecule has 11 heteroatoms. The van der Waals surface area contributed by atoms with Crippen LogP contribution in [0.4, 0.5) is 0 Å². The molecular weight excluding hydrogens is 486 g/mol. The lowest BCUT2D eigenvalue weighted by Gasteiger charge is -2.37. The summed E-state index contributed by atoms with van der Waals surface area (Å²) in [6.45, 7) is 4.85. The molecule has 1 aliphatic carbocycles. The summed E-state index contributed by atoms with van der Waals surface area (Å²) >= 11 is 0. The Kier molecular flexibility index (Phi) is 7.67. The van der Waals surface area contributed by atoms with Crippen LogP contribution in [0.3, 0.4) is 0 Å². The van der Waals surface area contributed by atoms with Crippen LogP contribution in [-0.2, 0) is 14.8 Å². The number of ether oxygens (including phenoxy) is 1. The van der Waals surface area contributed by atoms with Gasteiger partial charge in [0.2, 0.25) is 15.9 Å². The molecule has 1 aromatic carbocycles. The van der Waals surface area contributed by atoms with E-state index in [0.717, 1.165) is 22.4 Å². The highest BCUT2D eigenvalue weighted by Gasteiger charge is 2.60. The Bertz CT molecular complexity index is 1200. The SMILES string of the molecule is CCOc1cccc(-c2ccc(C3CCN(S(=O)(=O)[C@@]4(C(=O)NO)C[C@@H](O)[C@@H](O)C4)CC3)cc2C)n1. The fourth-order valence-electron chi connectivity index (χ4n) is 5.34. The Balaban J connectivity index is 1.49. The second-order valence-corrected chi connectivity index (χ2v) is 11.8. The van der Waals surface area contributed by atoms with Crippen molar-refractivity contribution in [2.45, 2.75) is 62.4 Å². The second-order valence-electron chi connectivity index (χ2n) is 9.52. The van der Waals surface area contributed by atoms with Gasteiger partial charge in [-0.05, 0) is 49.8 Å². The fraction of sp³-hybridized carbons (Fsp3) is 0.520. The van der Waals surface area contributed by atoms with Crippen LogP contribution >= 0.6 is 0 Å². The van der Waals surface area contributed by atoms with Gasteiger partial charge in [0.25, 0.3) is 5.91 Å². The van der Waals surface area contributed by atoms with Gasteiger partial charge >= 0.3 is 0 Å². The molecule has 2 fully saturated rings. The number of sulfonamides is 1. The van der Waals surface area contributed by atoms with Crippen molar-refractivity contribution < 1.29 is 33.4 Å². The van der Waals surface area contributed by atoms with Gasteiger partial charge in [0, 0.05) is 37.6 Å². The minimum absolute atomic E-state index is 0.134. The Morgan fingerprint density at radius 3 is 2.42 bits per heavy atom. The van der Waals surface area contributed by atoms with Crippen LogP contribution in [0.25, 0.3) is 11.3 Å². The molecule has 0 bridgehead atoms. The number of aromatic nitrogens is 1. The molecule has 0 unspecified atom stereocenters. The number of carbonyl (C=O) groups excluding carboxylic acids is 1. The number of aryl methyl sites for hydroxylation is 1. The average molecular weight is 520 g/mol. The van der Waals surface area contributed by atoms with Crippen LogP contribution < -0.4 is 10.2 Å². The van der Waals surface area contributed by atoms with Gasteiger partial charge in [-0.2, -0.15) is 0 Å². The van der Waals surface area contributed by atoms with E-state index >= 15 is 0 Å². The number of benzene rings is 1. The summed E-state index contributed by atoms with van der Waals surface area (Å²) < 4.78 is 31.6. The lowest BCUT2D eigenvalue weighted by molar-refractivity contribution is -0.132. The number of carbonyl (C=O) groups is 1. The lowest BCUT2D eigenvalue weighted by Crippen LogP contribution is -2.57. The third-order valence-corrected chi connectivity index (χ3v) is 9.89. The monoisotopic (exact) mass is 519 g/mol. The van der Waals surface area contributed by atoms with Gasteiger partial charge in [0.15, 0.2) is 4.75 Å². The van der Waals surface area contributed by atoms with Crippen molar-refractivity contribution >= 4 is 15.9 Å². The lowest BCUT2D eigenvalue weighted by atomic mass is 9.88. The van der Waals surface area contributed by atoms with E-state index in [2.05, 4.69) is 11.1 Å². The molecule has 36 heavy (non-hydrogen) atoms. The molecule has 4 N–H and O–H groups in total. The molecule has 1 aromatic heterocycles. The molecule has 1 saturated heterocycles. The number of nitrogens with zero attached hydrogens (tertiary/aromatic N) is 2. The van der Waals surface area contributed by atoms with E-state index in [1.165, 1.54) is 9.79 Å². The van der Waals surface area contributed by atoms with Crippen molar-refractivity contribution in [2.24, 2.45) is 0 Å². The van der Waals surface area contributed by atoms with Gasteiger partial charge in [-0.1, -0.05) is 24.3 Å². The van der Waals surface area contributed by atoms with E-state index in [-0.39, 0.29) is 19.0 Å². The number of amides is 1. The van der Waals surface area contributed by atoms with Gasteiger partial charge in [0.05, 0.1) is 24.5 Å². The first-order chi connectivity index (χ1) is 17.1. The normalized spacial score (nSPS) is 25.6. The largest absolute Gasteiger partial charge is 0.478 e. The third kappa shape index (κ3) is 4.73. The van der Waals surface area contributed by atoms with E-state index in [4.69, 9.17) is 4.74 Å². The zero-order valence-electron chi connectivity index (χ0n) is 20.4. The molecule has 2 aliphatic rings. The number of hydrogen-bond donors (Lipinski definition) is 4. The van der Waals surface area contributed by atoms with Crippen LogP contribution in [0.5, 0.6) is 5.88 Å². The maximum atomic E-state index is 13.5. The standard InChI is InChI=1S/C25H33N3O7S/c1-3-35-23-6-4-5-20(26-23)19-8-7-18(13-16(19)2)17-9-11-28(12-10-17)36(33,34)25(24(31)27-32)14-21(29)22(30)15-25/h4-8,13,17,21-22,29-30,32H,3,9-12,14-15H2,1-2H3,(H,27,31)/t21-,22+,25+. The summed E-state index contributed by atoms with van der Waals surface area (Å²) in [6, 6.07) is 11.8. The predicted octanol–water partition coefficient (Wildman–Crippen LogP) is 1.72. The number of hydrogen-bond acceptors (Lipinski definition) is 8. The number of pyridine rings is 1. The maximum absolute atomic E-state index is 13.5. The topological polar surface area (TPSA) is 149 Å². The van der Waals surface area contributed by atoms with E-state index in [0.29, 0.717) is 25.3 Å². The number of piperidine rings is 1. The molecule has 196 valence electrons. The summed E-state index contributed by atoms with van der Waals surface area (Å²) in [5.41, 5.74) is 5.39. The van der Waals surface area contributed by atoms with Gasteiger partial charge in [-0.15, -0.1) is 0 Å². The Morgan fingerprint density at radius 2 is 1.83 bits per heavy atom. The average Bonchev–Trinajstić information content (AvgIpc) is 3.19. The number of aliphatic hydroxyl groups excluding tert-OH is 2. The molecule has 0 radical (unpaired) electrons. The van der Waals surface area contributed by atoms with Gasteiger partial charge < -0.3 is 14.9 Å². The van der Waals surface area contributed by atoms with Gasteiger partial charge in [-0.25, -0.2) is 23.2 Å². The quantitative estimate of drug-likeness (QED) is 0.319. The summed E-state index contributed by atoms with van der Waals surface area (Å²) in [4.78, 5) is 17.0. The summed E-state index contributed by atoms with van der Waals surface area (Å²) in [7, 11) is -4.24. The number of aliphatic hydroxyl groups is 2. The van der Waals surface area contributed by atoms with Crippen LogP contribution in [0.2, 0.25) is 0 Å². The first-order valence-electron chi connectivity index (χ1n) is 12.1.